The third-order valence-corrected chi connectivity index (χ3v) is 5.59. The lowest BCUT2D eigenvalue weighted by Crippen LogP contribution is -2.48. The normalized spacial score (nSPS) is 20.9. The first kappa shape index (κ1) is 31.5. The van der Waals surface area contributed by atoms with Gasteiger partial charge in [0.15, 0.2) is 5.82 Å². The maximum atomic E-state index is 12.5. The highest BCUT2D eigenvalue weighted by molar-refractivity contribution is 5.91. The van der Waals surface area contributed by atoms with Gasteiger partial charge in [-0.05, 0) is 30.5 Å². The number of imidazole rings is 1. The summed E-state index contributed by atoms with van der Waals surface area (Å²) in [5, 5.41) is 17.4. The van der Waals surface area contributed by atoms with Gasteiger partial charge in [0.25, 0.3) is 5.91 Å². The molecule has 2 aromatic heterocycles. The summed E-state index contributed by atoms with van der Waals surface area (Å²) in [5.41, 5.74) is 1.23. The Bertz CT molecular complexity index is 1090. The molecule has 2 aliphatic rings. The van der Waals surface area contributed by atoms with Crippen molar-refractivity contribution in [1.82, 2.24) is 24.8 Å². The van der Waals surface area contributed by atoms with Crippen LogP contribution in [-0.2, 0) is 27.9 Å². The number of nitrogens with zero attached hydrogens (tertiary/aromatic N) is 4. The van der Waals surface area contributed by atoms with Crippen molar-refractivity contribution in [3.8, 4) is 0 Å². The number of halogens is 6. The Morgan fingerprint density at radius 1 is 1.05 bits per heavy atom. The maximum Gasteiger partial charge on any atom is 0.490 e. The number of pyridine rings is 1. The first-order chi connectivity index (χ1) is 18.1. The van der Waals surface area contributed by atoms with Gasteiger partial charge in [0.05, 0.1) is 12.1 Å². The number of hydrogen-bond donors (Lipinski definition) is 3. The number of fused-ring (bicyclic) bond motifs is 1. The predicted octanol–water partition coefficient (Wildman–Crippen LogP) is 2.24. The number of carboxylic acids is 2. The van der Waals surface area contributed by atoms with Crippen LogP contribution in [0.4, 0.5) is 26.3 Å². The highest BCUT2D eigenvalue weighted by Gasteiger charge is 2.44. The number of hydrogen-bond acceptors (Lipinski definition) is 7. The number of alkyl halides is 6. The fourth-order valence-electron chi connectivity index (χ4n) is 3.90. The zero-order valence-corrected chi connectivity index (χ0v) is 20.3. The maximum absolute atomic E-state index is 12.5. The van der Waals surface area contributed by atoms with Crippen molar-refractivity contribution >= 4 is 17.8 Å². The summed E-state index contributed by atoms with van der Waals surface area (Å²) in [6, 6.07) is 4.40. The van der Waals surface area contributed by atoms with Crippen LogP contribution in [0.5, 0.6) is 0 Å². The molecule has 2 aliphatic heterocycles. The fourth-order valence-corrected chi connectivity index (χ4v) is 3.90. The number of nitrogens with one attached hydrogen (secondary N) is 1. The SMILES string of the molecule is Cn1ccnc1C(=O)N[C@@H]1CN(Cc2ccncc2)[C@@H]2CCCO[C@@H]21.O=C(O)C(F)(F)F.O=C(O)C(F)(F)F. The summed E-state index contributed by atoms with van der Waals surface area (Å²) in [5.74, 6) is -5.23. The van der Waals surface area contributed by atoms with Crippen molar-refractivity contribution < 1.29 is 55.7 Å². The zero-order chi connectivity index (χ0) is 29.4. The Kier molecular flexibility index (Phi) is 10.8. The molecule has 0 saturated carbocycles. The van der Waals surface area contributed by atoms with Gasteiger partial charge >= 0.3 is 24.3 Å². The third-order valence-electron chi connectivity index (χ3n) is 5.59. The number of likely N-dealkylation sites (tertiary alicyclic amines) is 1. The molecule has 2 aromatic rings. The van der Waals surface area contributed by atoms with Crippen LogP contribution in [0.25, 0.3) is 0 Å². The Balaban J connectivity index is 0.000000317. The average molecular weight is 569 g/mol. The first-order valence-electron chi connectivity index (χ1n) is 11.2. The molecule has 0 aliphatic carbocycles. The summed E-state index contributed by atoms with van der Waals surface area (Å²) in [6.45, 7) is 2.40. The van der Waals surface area contributed by atoms with E-state index < -0.39 is 24.3 Å². The topological polar surface area (TPSA) is 147 Å². The van der Waals surface area contributed by atoms with Crippen molar-refractivity contribution in [1.29, 1.82) is 0 Å². The average Bonchev–Trinajstić information content (AvgIpc) is 3.43. The monoisotopic (exact) mass is 569 g/mol. The van der Waals surface area contributed by atoms with Crippen molar-refractivity contribution in [3.05, 3.63) is 48.3 Å². The smallest absolute Gasteiger partial charge is 0.475 e. The molecule has 216 valence electrons. The molecule has 17 heteroatoms. The van der Waals surface area contributed by atoms with Crippen LogP contribution in [0.15, 0.2) is 36.9 Å². The molecule has 11 nitrogen and oxygen atoms in total. The van der Waals surface area contributed by atoms with Gasteiger partial charge in [0.1, 0.15) is 0 Å². The molecular formula is C22H25F6N5O6. The number of aromatic nitrogens is 3. The summed E-state index contributed by atoms with van der Waals surface area (Å²) < 4.78 is 71.2. The van der Waals surface area contributed by atoms with E-state index in [0.29, 0.717) is 11.9 Å². The second-order valence-electron chi connectivity index (χ2n) is 8.38. The fraction of sp³-hybridized carbons (Fsp3) is 0.500. The highest BCUT2D eigenvalue weighted by atomic mass is 19.4. The van der Waals surface area contributed by atoms with Gasteiger partial charge < -0.3 is 24.8 Å². The largest absolute Gasteiger partial charge is 0.490 e. The molecular weight excluding hydrogens is 544 g/mol. The standard InChI is InChI=1S/C18H23N5O2.2C2HF3O2/c1-22-9-8-20-17(22)18(24)21-14-12-23(11-13-4-6-19-7-5-13)15-3-2-10-25-16(14)15;2*3-2(4,5)1(6)7/h4-9,14-16H,2-3,10-12H2,1H3,(H,21,24);2*(H,6,7)/t14-,15-,16-;;/m1../s1. The number of aliphatic carboxylic acids is 2. The molecule has 0 aromatic carbocycles. The molecule has 2 saturated heterocycles. The Morgan fingerprint density at radius 3 is 2.10 bits per heavy atom. The second-order valence-corrected chi connectivity index (χ2v) is 8.38. The van der Waals surface area contributed by atoms with E-state index >= 15 is 0 Å². The van der Waals surface area contributed by atoms with E-state index in [9.17, 15) is 31.1 Å². The molecule has 0 bridgehead atoms. The molecule has 4 rings (SSSR count). The minimum absolute atomic E-state index is 0.0173. The Morgan fingerprint density at radius 2 is 1.62 bits per heavy atom. The van der Waals surface area contributed by atoms with Crippen molar-refractivity contribution in [2.75, 3.05) is 13.2 Å². The van der Waals surface area contributed by atoms with Gasteiger partial charge in [-0.3, -0.25) is 14.7 Å². The lowest BCUT2D eigenvalue weighted by atomic mass is 10.0. The van der Waals surface area contributed by atoms with Crippen LogP contribution in [0.2, 0.25) is 0 Å². The first-order valence-corrected chi connectivity index (χ1v) is 11.2. The van der Waals surface area contributed by atoms with Crippen LogP contribution >= 0.6 is 0 Å². The number of ether oxygens (including phenoxy) is 1. The molecule has 3 atom stereocenters. The highest BCUT2D eigenvalue weighted by Crippen LogP contribution is 2.30. The Labute approximate surface area is 217 Å². The van der Waals surface area contributed by atoms with Crippen LogP contribution < -0.4 is 5.32 Å². The van der Waals surface area contributed by atoms with E-state index in [4.69, 9.17) is 24.5 Å². The van der Waals surface area contributed by atoms with Crippen LogP contribution in [-0.4, -0.2) is 91.2 Å². The van der Waals surface area contributed by atoms with Crippen molar-refractivity contribution in [3.63, 3.8) is 0 Å². The molecule has 0 radical (unpaired) electrons. The number of carbonyl (C=O) groups is 3. The van der Waals surface area contributed by atoms with E-state index in [0.717, 1.165) is 32.5 Å². The minimum atomic E-state index is -5.08. The van der Waals surface area contributed by atoms with E-state index in [1.54, 1.807) is 17.0 Å². The van der Waals surface area contributed by atoms with E-state index in [1.807, 2.05) is 31.6 Å². The zero-order valence-electron chi connectivity index (χ0n) is 20.3. The Hall–Kier alpha value is -3.73. The second kappa shape index (κ2) is 13.4. The van der Waals surface area contributed by atoms with Gasteiger partial charge in [-0.1, -0.05) is 0 Å². The van der Waals surface area contributed by atoms with Crippen molar-refractivity contribution in [2.24, 2.45) is 7.05 Å². The van der Waals surface area contributed by atoms with Gasteiger partial charge in [0.2, 0.25) is 0 Å². The number of carbonyl (C=O) groups excluding carboxylic acids is 1. The molecule has 0 unspecified atom stereocenters. The summed E-state index contributed by atoms with van der Waals surface area (Å²) in [4.78, 5) is 41.0. The van der Waals surface area contributed by atoms with E-state index in [-0.39, 0.29) is 18.1 Å². The van der Waals surface area contributed by atoms with Gasteiger partial charge in [-0.15, -0.1) is 0 Å². The van der Waals surface area contributed by atoms with Gasteiger partial charge in [0, 0.05) is 57.6 Å². The number of aryl methyl sites for hydroxylation is 1. The minimum Gasteiger partial charge on any atom is -0.475 e. The number of carboxylic acid groups (broad SMARTS) is 2. The van der Waals surface area contributed by atoms with Gasteiger partial charge in [-0.2, -0.15) is 26.3 Å². The molecule has 4 heterocycles. The van der Waals surface area contributed by atoms with E-state index in [1.165, 1.54) is 5.56 Å². The van der Waals surface area contributed by atoms with Crippen LogP contribution in [0.3, 0.4) is 0 Å². The van der Waals surface area contributed by atoms with E-state index in [2.05, 4.69) is 20.2 Å². The molecule has 1 amide bonds. The third kappa shape index (κ3) is 9.51. The molecule has 3 N–H and O–H groups in total. The number of rotatable bonds is 4. The predicted molar refractivity (Wildman–Crippen MR) is 119 cm³/mol. The summed E-state index contributed by atoms with van der Waals surface area (Å²) in [7, 11) is 1.83. The lowest BCUT2D eigenvalue weighted by molar-refractivity contribution is -0.193. The van der Waals surface area contributed by atoms with Crippen molar-refractivity contribution in [2.45, 2.75) is 49.9 Å². The molecule has 0 spiro atoms. The molecule has 39 heavy (non-hydrogen) atoms. The summed E-state index contributed by atoms with van der Waals surface area (Å²) in [6.07, 6.45) is -0.905. The lowest BCUT2D eigenvalue weighted by Gasteiger charge is -2.32. The molecule has 2 fully saturated rings. The van der Waals surface area contributed by atoms with Gasteiger partial charge in [-0.25, -0.2) is 14.6 Å². The number of amides is 1. The van der Waals surface area contributed by atoms with Crippen LogP contribution in [0, 0.1) is 0 Å². The quantitative estimate of drug-likeness (QED) is 0.472. The van der Waals surface area contributed by atoms with Crippen LogP contribution in [0.1, 0.15) is 29.0 Å². The summed E-state index contributed by atoms with van der Waals surface area (Å²) >= 11 is 0.